The molecule has 1 radical (unpaired) electrons. The van der Waals surface area contributed by atoms with Gasteiger partial charge in [-0.05, 0) is 18.9 Å². The fourth-order valence-electron chi connectivity index (χ4n) is 1.75. The first-order chi connectivity index (χ1) is 7.72. The average Bonchev–Trinajstić information content (AvgIpc) is 2.62. The summed E-state index contributed by atoms with van der Waals surface area (Å²) in [4.78, 5) is 0. The van der Waals surface area contributed by atoms with Crippen LogP contribution in [-0.4, -0.2) is 19.3 Å². The molecule has 5 heteroatoms. The van der Waals surface area contributed by atoms with E-state index in [9.17, 15) is 0 Å². The molecule has 0 spiro atoms. The van der Waals surface area contributed by atoms with Gasteiger partial charge < -0.3 is 9.05 Å². The standard InChI is InChI=1S/C11H17NO2PS/c1-2-13-15(16)12-11(9-14-15)8-10-6-4-3-5-7-10/h3-7,11-12,16H,2,8-9H2,1H3/t11-/m0/s1. The van der Waals surface area contributed by atoms with Crippen molar-refractivity contribution in [1.29, 1.82) is 0 Å². The number of thiol groups is 1. The van der Waals surface area contributed by atoms with E-state index in [1.165, 1.54) is 5.56 Å². The molecular formula is C11H17NO2PS. The van der Waals surface area contributed by atoms with Crippen LogP contribution in [0.5, 0.6) is 0 Å². The maximum absolute atomic E-state index is 5.61. The van der Waals surface area contributed by atoms with Crippen molar-refractivity contribution in [3.05, 3.63) is 35.9 Å². The summed E-state index contributed by atoms with van der Waals surface area (Å²) in [5.41, 5.74) is 1.31. The number of benzene rings is 1. The molecule has 0 saturated carbocycles. The van der Waals surface area contributed by atoms with E-state index in [2.05, 4.69) is 41.6 Å². The van der Waals surface area contributed by atoms with Crippen molar-refractivity contribution >= 4 is 19.3 Å². The third-order valence-corrected chi connectivity index (χ3v) is 5.26. The first-order valence-electron chi connectivity index (χ1n) is 5.44. The van der Waals surface area contributed by atoms with Gasteiger partial charge in [-0.1, -0.05) is 42.6 Å². The Hall–Kier alpha value is -0.120. The quantitative estimate of drug-likeness (QED) is 0.643. The fraction of sp³-hybridized carbons (Fsp3) is 0.455. The highest BCUT2D eigenvalue weighted by Crippen LogP contribution is 2.64. The molecule has 2 rings (SSSR count). The Balaban J connectivity index is 1.90. The van der Waals surface area contributed by atoms with Crippen LogP contribution in [0.1, 0.15) is 12.5 Å². The van der Waals surface area contributed by atoms with E-state index in [4.69, 9.17) is 9.05 Å². The Labute approximate surface area is 102 Å². The van der Waals surface area contributed by atoms with Gasteiger partial charge in [-0.3, -0.25) is 0 Å². The van der Waals surface area contributed by atoms with Gasteiger partial charge in [0.1, 0.15) is 0 Å². The summed E-state index contributed by atoms with van der Waals surface area (Å²) in [5.74, 6) is 0. The highest BCUT2D eigenvalue weighted by molar-refractivity contribution is 8.48. The first-order valence-corrected chi connectivity index (χ1v) is 8.22. The summed E-state index contributed by atoms with van der Waals surface area (Å²) in [7, 11) is -2.07. The second kappa shape index (κ2) is 5.48. The SMILES string of the molecule is CCO[P]1(S)N[C@@H](Cc2ccccc2)CO1. The van der Waals surface area contributed by atoms with Gasteiger partial charge in [-0.15, -0.1) is 0 Å². The zero-order valence-corrected chi connectivity index (χ0v) is 11.1. The van der Waals surface area contributed by atoms with Crippen molar-refractivity contribution in [3.8, 4) is 0 Å². The molecule has 1 N–H and O–H groups in total. The number of nitrogens with one attached hydrogen (secondary N) is 1. The molecule has 3 nitrogen and oxygen atoms in total. The Morgan fingerprint density at radius 1 is 1.50 bits per heavy atom. The summed E-state index contributed by atoms with van der Waals surface area (Å²) < 4.78 is 11.1. The van der Waals surface area contributed by atoms with E-state index in [1.54, 1.807) is 0 Å². The lowest BCUT2D eigenvalue weighted by molar-refractivity contribution is 0.276. The molecule has 2 atom stereocenters. The lowest BCUT2D eigenvalue weighted by Crippen LogP contribution is -2.25. The van der Waals surface area contributed by atoms with Gasteiger partial charge in [0.15, 0.2) is 0 Å². The van der Waals surface area contributed by atoms with Crippen LogP contribution in [0.4, 0.5) is 0 Å². The van der Waals surface area contributed by atoms with Crippen LogP contribution in [0.3, 0.4) is 0 Å². The molecule has 0 aromatic heterocycles. The lowest BCUT2D eigenvalue weighted by Gasteiger charge is -2.23. The van der Waals surface area contributed by atoms with Crippen LogP contribution in [0.2, 0.25) is 0 Å². The van der Waals surface area contributed by atoms with Crippen LogP contribution in [0.25, 0.3) is 0 Å². The number of hydrogen-bond acceptors (Lipinski definition) is 4. The lowest BCUT2D eigenvalue weighted by atomic mass is 10.1. The van der Waals surface area contributed by atoms with Crippen LogP contribution < -0.4 is 5.09 Å². The monoisotopic (exact) mass is 258 g/mol. The maximum Gasteiger partial charge on any atom is 0.226 e. The van der Waals surface area contributed by atoms with Crippen molar-refractivity contribution in [3.63, 3.8) is 0 Å². The molecule has 16 heavy (non-hydrogen) atoms. The smallest absolute Gasteiger partial charge is 0.226 e. The van der Waals surface area contributed by atoms with E-state index in [1.807, 2.05) is 13.0 Å². The molecule has 1 saturated heterocycles. The van der Waals surface area contributed by atoms with E-state index in [0.717, 1.165) is 6.42 Å². The maximum atomic E-state index is 5.61. The Morgan fingerprint density at radius 3 is 2.94 bits per heavy atom. The van der Waals surface area contributed by atoms with E-state index >= 15 is 0 Å². The molecule has 1 aliphatic heterocycles. The molecule has 1 fully saturated rings. The molecule has 1 unspecified atom stereocenters. The highest BCUT2D eigenvalue weighted by Gasteiger charge is 2.35. The molecule has 1 aromatic rings. The normalized spacial score (nSPS) is 29.5. The Bertz CT molecular complexity index is 338. The zero-order chi connectivity index (χ0) is 11.4. The minimum atomic E-state index is -2.07. The zero-order valence-electron chi connectivity index (χ0n) is 9.30. The summed E-state index contributed by atoms with van der Waals surface area (Å²) in [6.07, 6.45) is 0.955. The van der Waals surface area contributed by atoms with Gasteiger partial charge in [-0.25, -0.2) is 5.09 Å². The molecular weight excluding hydrogens is 241 g/mol. The average molecular weight is 258 g/mol. The van der Waals surface area contributed by atoms with E-state index < -0.39 is 7.07 Å². The molecule has 0 bridgehead atoms. The Morgan fingerprint density at radius 2 is 2.25 bits per heavy atom. The van der Waals surface area contributed by atoms with Gasteiger partial charge in [0.05, 0.1) is 13.2 Å². The third-order valence-electron chi connectivity index (χ3n) is 2.43. The minimum absolute atomic E-state index is 0.305. The van der Waals surface area contributed by atoms with Gasteiger partial charge in [-0.2, -0.15) is 0 Å². The van der Waals surface area contributed by atoms with Crippen molar-refractivity contribution in [2.45, 2.75) is 19.4 Å². The highest BCUT2D eigenvalue weighted by atomic mass is 32.7. The van der Waals surface area contributed by atoms with Crippen molar-refractivity contribution in [2.75, 3.05) is 13.2 Å². The summed E-state index contributed by atoms with van der Waals surface area (Å²) in [6.45, 7) is 3.25. The van der Waals surface area contributed by atoms with Gasteiger partial charge in [0.2, 0.25) is 7.07 Å². The predicted octanol–water partition coefficient (Wildman–Crippen LogP) is 2.86. The van der Waals surface area contributed by atoms with E-state index in [-0.39, 0.29) is 0 Å². The summed E-state index contributed by atoms with van der Waals surface area (Å²) >= 11 is 4.44. The van der Waals surface area contributed by atoms with Gasteiger partial charge >= 0.3 is 0 Å². The van der Waals surface area contributed by atoms with Crippen molar-refractivity contribution in [1.82, 2.24) is 5.09 Å². The molecule has 0 amide bonds. The van der Waals surface area contributed by atoms with Gasteiger partial charge in [0, 0.05) is 6.04 Å². The van der Waals surface area contributed by atoms with E-state index in [0.29, 0.717) is 19.3 Å². The predicted molar refractivity (Wildman–Crippen MR) is 70.6 cm³/mol. The third kappa shape index (κ3) is 3.19. The largest absolute Gasteiger partial charge is 0.322 e. The molecule has 1 aromatic carbocycles. The summed E-state index contributed by atoms with van der Waals surface area (Å²) in [6, 6.07) is 10.7. The summed E-state index contributed by atoms with van der Waals surface area (Å²) in [5, 5.41) is 3.35. The number of hydrogen-bond donors (Lipinski definition) is 2. The molecule has 1 heterocycles. The molecule has 0 aliphatic carbocycles. The topological polar surface area (TPSA) is 30.5 Å². The van der Waals surface area contributed by atoms with Crippen LogP contribution in [0, 0.1) is 0 Å². The fourth-order valence-corrected chi connectivity index (χ4v) is 4.37. The van der Waals surface area contributed by atoms with Crippen LogP contribution >= 0.6 is 19.3 Å². The minimum Gasteiger partial charge on any atom is -0.322 e. The van der Waals surface area contributed by atoms with Crippen LogP contribution in [0.15, 0.2) is 30.3 Å². The second-order valence-electron chi connectivity index (χ2n) is 3.75. The van der Waals surface area contributed by atoms with Gasteiger partial charge in [0.25, 0.3) is 0 Å². The molecule has 89 valence electrons. The molecule has 1 aliphatic rings. The van der Waals surface area contributed by atoms with Crippen molar-refractivity contribution < 1.29 is 9.05 Å². The van der Waals surface area contributed by atoms with Crippen molar-refractivity contribution in [2.24, 2.45) is 0 Å². The number of rotatable bonds is 4. The van der Waals surface area contributed by atoms with Crippen LogP contribution in [-0.2, 0) is 15.5 Å². The second-order valence-corrected chi connectivity index (χ2v) is 7.14. The first kappa shape index (κ1) is 12.3. The Kier molecular flexibility index (Phi) is 4.22.